The van der Waals surface area contributed by atoms with Gasteiger partial charge in [0, 0.05) is 0 Å². The van der Waals surface area contributed by atoms with Gasteiger partial charge in [-0.05, 0) is 0 Å². The van der Waals surface area contributed by atoms with Crippen molar-refractivity contribution in [3.8, 4) is 34.5 Å². The minimum absolute atomic E-state index is 0. The van der Waals surface area contributed by atoms with E-state index < -0.39 is 48.0 Å². The second-order valence-electron chi connectivity index (χ2n) is 18.5. The third-order valence-electron chi connectivity index (χ3n) is 6.21. The molecule has 0 amide bonds. The first-order chi connectivity index (χ1) is 22.0. The molecular formula is C42H65GeO7. The van der Waals surface area contributed by atoms with Crippen LogP contribution in [0.5, 0.6) is 34.5 Å². The maximum atomic E-state index is 6.87. The van der Waals surface area contributed by atoms with Crippen molar-refractivity contribution >= 4 is 27.5 Å². The zero-order valence-corrected chi connectivity index (χ0v) is 36.2. The van der Waals surface area contributed by atoms with Gasteiger partial charge >= 0.3 is 303 Å². The monoisotopic (exact) mass is 755 g/mol. The Labute approximate surface area is 307 Å². The van der Waals surface area contributed by atoms with Crippen LogP contribution in [0, 0.1) is 0 Å². The summed E-state index contributed by atoms with van der Waals surface area (Å²) in [6.45, 7) is 37.3. The Morgan fingerprint density at radius 3 is 0.560 bits per heavy atom. The molecule has 0 heterocycles. The summed E-state index contributed by atoms with van der Waals surface area (Å²) in [5.74, 6) is 4.52. The Kier molecular flexibility index (Phi) is 13.2. The fourth-order valence-corrected chi connectivity index (χ4v) is 11.5. The van der Waals surface area contributed by atoms with Crippen LogP contribution < -0.4 is 41.6 Å². The minimum Gasteiger partial charge on any atom is -0.412 e. The summed E-state index contributed by atoms with van der Waals surface area (Å²) in [7, 11) is 0. The molecule has 1 radical (unpaired) electrons. The third-order valence-corrected chi connectivity index (χ3v) is 12.5. The molecule has 0 aliphatic rings. The molecule has 3 rings (SSSR count). The molecule has 0 aromatic heterocycles. The van der Waals surface area contributed by atoms with Gasteiger partial charge in [0.2, 0.25) is 0 Å². The molecule has 8 heteroatoms. The van der Waals surface area contributed by atoms with Crippen molar-refractivity contribution in [3.05, 3.63) is 54.6 Å². The normalized spacial score (nSPS) is 13.0. The Balaban J connectivity index is 0.00000867. The van der Waals surface area contributed by atoms with Crippen molar-refractivity contribution in [2.24, 2.45) is 0 Å². The van der Waals surface area contributed by atoms with Crippen LogP contribution >= 0.6 is 0 Å². The Morgan fingerprint density at radius 1 is 0.300 bits per heavy atom. The van der Waals surface area contributed by atoms with Crippen molar-refractivity contribution in [2.75, 3.05) is 0 Å². The van der Waals surface area contributed by atoms with Crippen LogP contribution in [0.3, 0.4) is 0 Å². The summed E-state index contributed by atoms with van der Waals surface area (Å²) in [6.07, 6.45) is 0. The fraction of sp³-hybridized carbons (Fsp3) is 0.571. The van der Waals surface area contributed by atoms with Gasteiger partial charge in [0.1, 0.15) is 0 Å². The summed E-state index contributed by atoms with van der Waals surface area (Å²) < 4.78 is 44.2. The smallest absolute Gasteiger partial charge is 0.412 e. The predicted molar refractivity (Wildman–Crippen MR) is 210 cm³/mol. The second kappa shape index (κ2) is 15.3. The zero-order chi connectivity index (χ0) is 37.4. The van der Waals surface area contributed by atoms with Gasteiger partial charge in [0.15, 0.2) is 0 Å². The third kappa shape index (κ3) is 13.3. The van der Waals surface area contributed by atoms with Crippen molar-refractivity contribution in [2.45, 2.75) is 158 Å². The van der Waals surface area contributed by atoms with E-state index in [2.05, 4.69) is 161 Å². The number of ether oxygens (including phenoxy) is 6. The molecule has 0 saturated carbocycles. The summed E-state index contributed by atoms with van der Waals surface area (Å²) in [5.41, 5.74) is -2.94. The fourth-order valence-electron chi connectivity index (χ4n) is 5.14. The summed E-state index contributed by atoms with van der Waals surface area (Å²) in [6, 6.07) is 18.4. The molecule has 279 valence electrons. The topological polar surface area (TPSA) is 86.9 Å². The molecule has 0 saturated heterocycles. The Bertz CT molecular complexity index is 1280. The van der Waals surface area contributed by atoms with Crippen molar-refractivity contribution in [1.82, 2.24) is 0 Å². The molecule has 3 aromatic rings. The van der Waals surface area contributed by atoms with E-state index in [0.717, 1.165) is 47.7 Å². The van der Waals surface area contributed by atoms with Gasteiger partial charge in [-0.2, -0.15) is 0 Å². The molecule has 0 aliphatic heterocycles. The Hall–Kier alpha value is -3.04. The van der Waals surface area contributed by atoms with E-state index in [1.54, 1.807) is 0 Å². The van der Waals surface area contributed by atoms with E-state index in [-0.39, 0.29) is 5.48 Å². The van der Waals surface area contributed by atoms with Gasteiger partial charge < -0.3 is 5.48 Å². The van der Waals surface area contributed by atoms with Crippen LogP contribution in [0.1, 0.15) is 125 Å². The van der Waals surface area contributed by atoms with Crippen LogP contribution in [0.25, 0.3) is 0 Å². The van der Waals surface area contributed by atoms with Crippen LogP contribution in [0.15, 0.2) is 54.6 Å². The van der Waals surface area contributed by atoms with Crippen LogP contribution in [-0.4, -0.2) is 53.4 Å². The standard InChI is InChI=1S/C42H63GeO6.H2O/c1-37(2,3)44-28-22-19-23-29(45-38(4,5)6)34(28)43(35-30(46-39(7,8)9)24-20-25-31(35)47-40(10,11)12)36-32(48-41(13,14)15)26-21-27-33(36)49-42(16,17)18;/h19-27H,1-18H3;1H2. The van der Waals surface area contributed by atoms with E-state index in [4.69, 9.17) is 28.4 Å². The average Bonchev–Trinajstić information content (AvgIpc) is 2.82. The van der Waals surface area contributed by atoms with Crippen molar-refractivity contribution in [3.63, 3.8) is 0 Å². The van der Waals surface area contributed by atoms with E-state index in [9.17, 15) is 0 Å². The number of rotatable bonds is 9. The second-order valence-corrected chi connectivity index (χ2v) is 23.3. The van der Waals surface area contributed by atoms with Crippen LogP contribution in [0.4, 0.5) is 0 Å². The molecule has 0 unspecified atom stereocenters. The Morgan fingerprint density at radius 2 is 0.440 bits per heavy atom. The molecule has 2 N–H and O–H groups in total. The largest absolute Gasteiger partial charge is 0.412 e. The van der Waals surface area contributed by atoms with E-state index in [0.29, 0.717) is 0 Å². The van der Waals surface area contributed by atoms with Crippen molar-refractivity contribution in [1.29, 1.82) is 0 Å². The number of hydrogen-bond acceptors (Lipinski definition) is 6. The number of benzene rings is 3. The van der Waals surface area contributed by atoms with Crippen molar-refractivity contribution < 1.29 is 33.9 Å². The first-order valence-corrected chi connectivity index (χ1v) is 20.6. The summed E-state index contributed by atoms with van der Waals surface area (Å²) in [4.78, 5) is 0. The minimum atomic E-state index is -3.28. The molecule has 0 fully saturated rings. The molecule has 3 aromatic carbocycles. The molecule has 7 nitrogen and oxygen atoms in total. The van der Waals surface area contributed by atoms with Gasteiger partial charge in [-0.3, -0.25) is 0 Å². The SMILES string of the molecule is CC(C)(C)Oc1cccc(OC(C)(C)C)[c]1[Ge]([c]1c(OC(C)(C)C)cccc1OC(C)(C)C)[c]1c(OC(C)(C)C)cccc1OC(C)(C)C.O. The summed E-state index contributed by atoms with van der Waals surface area (Å²) >= 11 is -3.28. The molecular weight excluding hydrogens is 689 g/mol. The quantitative estimate of drug-likeness (QED) is 0.204. The molecule has 0 bridgehead atoms. The predicted octanol–water partition coefficient (Wildman–Crippen LogP) is 8.44. The molecule has 50 heavy (non-hydrogen) atoms. The average molecular weight is 755 g/mol. The van der Waals surface area contributed by atoms with Gasteiger partial charge in [-0.15, -0.1) is 0 Å². The van der Waals surface area contributed by atoms with Gasteiger partial charge in [-0.25, -0.2) is 0 Å². The number of hydrogen-bond donors (Lipinski definition) is 0. The van der Waals surface area contributed by atoms with Crippen LogP contribution in [-0.2, 0) is 0 Å². The van der Waals surface area contributed by atoms with Gasteiger partial charge in [0.25, 0.3) is 0 Å². The summed E-state index contributed by atoms with van der Waals surface area (Å²) in [5, 5.41) is 0. The van der Waals surface area contributed by atoms with E-state index >= 15 is 0 Å². The van der Waals surface area contributed by atoms with Gasteiger partial charge in [0.05, 0.1) is 0 Å². The molecule has 0 aliphatic carbocycles. The maximum Gasteiger partial charge on any atom is -0.412 e. The first-order valence-electron chi connectivity index (χ1n) is 17.4. The van der Waals surface area contributed by atoms with Crippen LogP contribution in [0.2, 0.25) is 0 Å². The van der Waals surface area contributed by atoms with E-state index in [1.807, 2.05) is 18.2 Å². The van der Waals surface area contributed by atoms with E-state index in [1.165, 1.54) is 0 Å². The molecule has 0 spiro atoms. The first kappa shape index (κ1) is 43.1. The maximum absolute atomic E-state index is 6.87. The van der Waals surface area contributed by atoms with Gasteiger partial charge in [-0.1, -0.05) is 0 Å². The molecule has 0 atom stereocenters. The zero-order valence-electron chi connectivity index (χ0n) is 34.1.